The molecule has 1 N–H and O–H groups in total. The molecule has 0 spiro atoms. The van der Waals surface area contributed by atoms with Crippen molar-refractivity contribution in [2.45, 2.75) is 19.9 Å². The molecular weight excluding hydrogens is 222 g/mol. The quantitative estimate of drug-likeness (QED) is 0.830. The molecule has 3 heteroatoms. The fourth-order valence-corrected chi connectivity index (χ4v) is 2.58. The molecule has 3 nitrogen and oxygen atoms in total. The van der Waals surface area contributed by atoms with Crippen LogP contribution in [-0.4, -0.2) is 30.7 Å². The molecule has 1 aliphatic rings. The summed E-state index contributed by atoms with van der Waals surface area (Å²) in [5.74, 6) is 0. The monoisotopic (exact) mass is 241 g/mol. The minimum Gasteiger partial charge on any atom is -0.369 e. The smallest absolute Gasteiger partial charge is 0.0706 e. The maximum atomic E-state index is 4.55. The number of aryl methyl sites for hydroxylation is 1. The van der Waals surface area contributed by atoms with Crippen molar-refractivity contribution in [1.82, 2.24) is 10.3 Å². The van der Waals surface area contributed by atoms with E-state index >= 15 is 0 Å². The highest BCUT2D eigenvalue weighted by atomic mass is 15.2. The molecule has 1 atom stereocenters. The maximum absolute atomic E-state index is 4.55. The minimum absolute atomic E-state index is 0.561. The largest absolute Gasteiger partial charge is 0.369 e. The van der Waals surface area contributed by atoms with Gasteiger partial charge in [0.15, 0.2) is 0 Å². The van der Waals surface area contributed by atoms with Crippen LogP contribution in [-0.2, 0) is 0 Å². The van der Waals surface area contributed by atoms with Crippen LogP contribution >= 0.6 is 0 Å². The first kappa shape index (κ1) is 11.5. The van der Waals surface area contributed by atoms with Gasteiger partial charge in [-0.05, 0) is 38.1 Å². The Balaban J connectivity index is 1.95. The molecule has 18 heavy (non-hydrogen) atoms. The van der Waals surface area contributed by atoms with Gasteiger partial charge in [-0.3, -0.25) is 4.98 Å². The number of hydrogen-bond acceptors (Lipinski definition) is 3. The lowest BCUT2D eigenvalue weighted by Gasteiger charge is -2.33. The Hall–Kier alpha value is -1.61. The Labute approximate surface area is 108 Å². The topological polar surface area (TPSA) is 28.2 Å². The van der Waals surface area contributed by atoms with Gasteiger partial charge >= 0.3 is 0 Å². The van der Waals surface area contributed by atoms with E-state index in [1.165, 1.54) is 11.1 Å². The van der Waals surface area contributed by atoms with Gasteiger partial charge in [-0.15, -0.1) is 0 Å². The predicted molar refractivity (Wildman–Crippen MR) is 76.2 cm³/mol. The lowest BCUT2D eigenvalue weighted by molar-refractivity contribution is 0.485. The van der Waals surface area contributed by atoms with Crippen molar-refractivity contribution in [3.8, 4) is 0 Å². The number of nitrogens with zero attached hydrogens (tertiary/aromatic N) is 2. The lowest BCUT2D eigenvalue weighted by atomic mass is 10.1. The van der Waals surface area contributed by atoms with Crippen LogP contribution in [0, 0.1) is 6.92 Å². The van der Waals surface area contributed by atoms with Gasteiger partial charge in [0.1, 0.15) is 0 Å². The molecule has 0 radical (unpaired) electrons. The van der Waals surface area contributed by atoms with Crippen molar-refractivity contribution < 1.29 is 0 Å². The molecular formula is C15H19N3. The Morgan fingerprint density at radius 3 is 3.00 bits per heavy atom. The van der Waals surface area contributed by atoms with Crippen LogP contribution < -0.4 is 10.2 Å². The standard InChI is InChI=1S/C15H19N3/c1-11-3-4-13-9-14(5-6-15(13)17-11)18-8-7-16-12(2)10-18/h3-6,9,12,16H,7-8,10H2,1-2H3. The van der Waals surface area contributed by atoms with Crippen LogP contribution in [0.4, 0.5) is 5.69 Å². The van der Waals surface area contributed by atoms with Crippen LogP contribution in [0.1, 0.15) is 12.6 Å². The van der Waals surface area contributed by atoms with Gasteiger partial charge in [0.05, 0.1) is 5.52 Å². The highest BCUT2D eigenvalue weighted by molar-refractivity contribution is 5.82. The fraction of sp³-hybridized carbons (Fsp3) is 0.400. The molecule has 94 valence electrons. The number of nitrogens with one attached hydrogen (secondary N) is 1. The molecule has 3 rings (SSSR count). The first-order chi connectivity index (χ1) is 8.72. The van der Waals surface area contributed by atoms with E-state index in [1.807, 2.05) is 6.92 Å². The van der Waals surface area contributed by atoms with Crippen molar-refractivity contribution in [2.24, 2.45) is 0 Å². The SMILES string of the molecule is Cc1ccc2cc(N3CCNC(C)C3)ccc2n1. The zero-order valence-electron chi connectivity index (χ0n) is 11.0. The minimum atomic E-state index is 0.561. The van der Waals surface area contributed by atoms with Crippen LogP contribution in [0.5, 0.6) is 0 Å². The van der Waals surface area contributed by atoms with Gasteiger partial charge in [-0.1, -0.05) is 6.07 Å². The Morgan fingerprint density at radius 1 is 1.28 bits per heavy atom. The average Bonchev–Trinajstić information content (AvgIpc) is 2.38. The molecule has 1 saturated heterocycles. The maximum Gasteiger partial charge on any atom is 0.0706 e. The molecule has 0 aliphatic carbocycles. The van der Waals surface area contributed by atoms with E-state index in [0.717, 1.165) is 30.8 Å². The Bertz CT molecular complexity index is 565. The molecule has 0 amide bonds. The molecule has 1 fully saturated rings. The van der Waals surface area contributed by atoms with Crippen molar-refractivity contribution in [1.29, 1.82) is 0 Å². The van der Waals surface area contributed by atoms with E-state index in [1.54, 1.807) is 0 Å². The van der Waals surface area contributed by atoms with Crippen molar-refractivity contribution in [3.05, 3.63) is 36.0 Å². The van der Waals surface area contributed by atoms with Crippen LogP contribution in [0.3, 0.4) is 0 Å². The van der Waals surface area contributed by atoms with Gasteiger partial charge in [-0.2, -0.15) is 0 Å². The third-order valence-corrected chi connectivity index (χ3v) is 3.55. The fourth-order valence-electron chi connectivity index (χ4n) is 2.58. The van der Waals surface area contributed by atoms with E-state index in [0.29, 0.717) is 6.04 Å². The zero-order valence-corrected chi connectivity index (χ0v) is 11.0. The van der Waals surface area contributed by atoms with E-state index in [9.17, 15) is 0 Å². The summed E-state index contributed by atoms with van der Waals surface area (Å²) in [5, 5.41) is 4.70. The molecule has 1 aromatic carbocycles. The molecule has 0 saturated carbocycles. The van der Waals surface area contributed by atoms with Crippen LogP contribution in [0.15, 0.2) is 30.3 Å². The highest BCUT2D eigenvalue weighted by Gasteiger charge is 2.15. The molecule has 1 aliphatic heterocycles. The third kappa shape index (κ3) is 2.18. The summed E-state index contributed by atoms with van der Waals surface area (Å²) >= 11 is 0. The van der Waals surface area contributed by atoms with Crippen LogP contribution in [0.25, 0.3) is 10.9 Å². The number of rotatable bonds is 1. The van der Waals surface area contributed by atoms with Crippen molar-refractivity contribution in [2.75, 3.05) is 24.5 Å². The Kier molecular flexibility index (Phi) is 2.92. The number of pyridine rings is 1. The Morgan fingerprint density at radius 2 is 2.17 bits per heavy atom. The second-order valence-corrected chi connectivity index (χ2v) is 5.13. The summed E-state index contributed by atoms with van der Waals surface area (Å²) in [6.45, 7) is 7.48. The summed E-state index contributed by atoms with van der Waals surface area (Å²) in [6, 6.07) is 11.4. The number of fused-ring (bicyclic) bond motifs is 1. The van der Waals surface area contributed by atoms with E-state index in [-0.39, 0.29) is 0 Å². The summed E-state index contributed by atoms with van der Waals surface area (Å²) in [5.41, 5.74) is 3.47. The number of hydrogen-bond donors (Lipinski definition) is 1. The first-order valence-electron chi connectivity index (χ1n) is 6.58. The number of aromatic nitrogens is 1. The van der Waals surface area contributed by atoms with Gasteiger partial charge in [-0.25, -0.2) is 0 Å². The second kappa shape index (κ2) is 4.58. The van der Waals surface area contributed by atoms with Gasteiger partial charge in [0, 0.05) is 42.4 Å². The van der Waals surface area contributed by atoms with Gasteiger partial charge in [0.2, 0.25) is 0 Å². The molecule has 1 aromatic heterocycles. The average molecular weight is 241 g/mol. The van der Waals surface area contributed by atoms with Crippen LogP contribution in [0.2, 0.25) is 0 Å². The van der Waals surface area contributed by atoms with E-state index < -0.39 is 0 Å². The predicted octanol–water partition coefficient (Wildman–Crippen LogP) is 2.34. The normalized spacial score (nSPS) is 20.3. The number of benzene rings is 1. The van der Waals surface area contributed by atoms with Crippen molar-refractivity contribution in [3.63, 3.8) is 0 Å². The summed E-state index contributed by atoms with van der Waals surface area (Å²) in [6.07, 6.45) is 0. The number of piperazine rings is 1. The molecule has 2 aromatic rings. The lowest BCUT2D eigenvalue weighted by Crippen LogP contribution is -2.49. The molecule has 2 heterocycles. The number of anilines is 1. The highest BCUT2D eigenvalue weighted by Crippen LogP contribution is 2.22. The summed E-state index contributed by atoms with van der Waals surface area (Å²) < 4.78 is 0. The second-order valence-electron chi connectivity index (χ2n) is 5.13. The van der Waals surface area contributed by atoms with Gasteiger partial charge in [0.25, 0.3) is 0 Å². The summed E-state index contributed by atoms with van der Waals surface area (Å²) in [4.78, 5) is 6.99. The zero-order chi connectivity index (χ0) is 12.5. The molecule has 1 unspecified atom stereocenters. The third-order valence-electron chi connectivity index (χ3n) is 3.55. The van der Waals surface area contributed by atoms with E-state index in [2.05, 4.69) is 52.5 Å². The summed E-state index contributed by atoms with van der Waals surface area (Å²) in [7, 11) is 0. The van der Waals surface area contributed by atoms with Crippen molar-refractivity contribution >= 4 is 16.6 Å². The van der Waals surface area contributed by atoms with Gasteiger partial charge < -0.3 is 10.2 Å². The first-order valence-corrected chi connectivity index (χ1v) is 6.58. The molecule has 0 bridgehead atoms. The van der Waals surface area contributed by atoms with E-state index in [4.69, 9.17) is 0 Å².